The minimum Gasteiger partial charge on any atom is -0.464 e. The third kappa shape index (κ3) is 1.80. The number of nitrogens with zero attached hydrogens (tertiary/aromatic N) is 1. The van der Waals surface area contributed by atoms with Crippen molar-refractivity contribution in [3.05, 3.63) is 28.0 Å². The van der Waals surface area contributed by atoms with Crippen molar-refractivity contribution in [2.45, 2.75) is 18.8 Å². The molecular weight excluding hydrogens is 246 g/mol. The van der Waals surface area contributed by atoms with Gasteiger partial charge in [0.2, 0.25) is 0 Å². The Balaban J connectivity index is 2.42. The molecule has 0 aromatic carbocycles. The van der Waals surface area contributed by atoms with Gasteiger partial charge in [-0.1, -0.05) is 6.07 Å². The third-order valence-corrected chi connectivity index (χ3v) is 2.73. The third-order valence-electron chi connectivity index (χ3n) is 2.29. The number of hydrogen-bond acceptors (Lipinski definition) is 3. The summed E-state index contributed by atoms with van der Waals surface area (Å²) in [5.41, 5.74) is 1.46. The number of carbonyl (C=O) groups is 1. The highest BCUT2D eigenvalue weighted by Crippen LogP contribution is 2.41. The van der Waals surface area contributed by atoms with Crippen LogP contribution in [0.5, 0.6) is 0 Å². The lowest BCUT2D eigenvalue weighted by Crippen LogP contribution is -2.08. The molecule has 0 saturated heterocycles. The maximum atomic E-state index is 11.4. The number of carbonyl (C=O) groups excluding carboxylic acids is 1. The fourth-order valence-corrected chi connectivity index (χ4v) is 1.74. The summed E-state index contributed by atoms with van der Waals surface area (Å²) in [5.74, 6) is 0.151. The van der Waals surface area contributed by atoms with Gasteiger partial charge in [-0.2, -0.15) is 0 Å². The van der Waals surface area contributed by atoms with Gasteiger partial charge in [-0.05, 0) is 46.3 Å². The van der Waals surface area contributed by atoms with E-state index in [2.05, 4.69) is 25.7 Å². The van der Waals surface area contributed by atoms with Crippen LogP contribution in [0.3, 0.4) is 0 Å². The van der Waals surface area contributed by atoms with Gasteiger partial charge in [-0.3, -0.25) is 0 Å². The van der Waals surface area contributed by atoms with Crippen LogP contribution in [0, 0.1) is 0 Å². The molecule has 3 nitrogen and oxygen atoms in total. The van der Waals surface area contributed by atoms with Crippen molar-refractivity contribution in [2.24, 2.45) is 0 Å². The van der Waals surface area contributed by atoms with E-state index in [-0.39, 0.29) is 5.97 Å². The van der Waals surface area contributed by atoms with Crippen LogP contribution in [0.1, 0.15) is 34.8 Å². The van der Waals surface area contributed by atoms with E-state index in [0.717, 1.165) is 18.4 Å². The number of pyridine rings is 1. The standard InChI is InChI=1S/C10H10BrNO2/c1-14-10(13)9-7(6-2-3-6)4-5-8(11)12-9/h4-6H,2-3H2,1H3. The molecule has 1 aliphatic rings. The van der Waals surface area contributed by atoms with Gasteiger partial charge in [0.25, 0.3) is 0 Å². The second kappa shape index (κ2) is 3.69. The van der Waals surface area contributed by atoms with Gasteiger partial charge in [0.1, 0.15) is 4.60 Å². The van der Waals surface area contributed by atoms with Crippen LogP contribution in [0.25, 0.3) is 0 Å². The maximum absolute atomic E-state index is 11.4. The fourth-order valence-electron chi connectivity index (χ4n) is 1.43. The molecule has 4 heteroatoms. The van der Waals surface area contributed by atoms with E-state index in [1.54, 1.807) is 0 Å². The SMILES string of the molecule is COC(=O)c1nc(Br)ccc1C1CC1. The monoisotopic (exact) mass is 255 g/mol. The molecule has 1 heterocycles. The molecule has 0 bridgehead atoms. The van der Waals surface area contributed by atoms with Gasteiger partial charge in [0, 0.05) is 0 Å². The first-order valence-electron chi connectivity index (χ1n) is 4.47. The number of methoxy groups -OCH3 is 1. The summed E-state index contributed by atoms with van der Waals surface area (Å²) >= 11 is 3.24. The molecule has 0 spiro atoms. The molecule has 1 aromatic rings. The first-order chi connectivity index (χ1) is 6.72. The van der Waals surface area contributed by atoms with Crippen molar-refractivity contribution in [2.75, 3.05) is 7.11 Å². The van der Waals surface area contributed by atoms with Crippen LogP contribution in [-0.4, -0.2) is 18.1 Å². The Morgan fingerprint density at radius 3 is 2.86 bits per heavy atom. The Labute approximate surface area is 90.6 Å². The van der Waals surface area contributed by atoms with Crippen molar-refractivity contribution in [3.63, 3.8) is 0 Å². The first kappa shape index (κ1) is 9.65. The van der Waals surface area contributed by atoms with Gasteiger partial charge in [0.05, 0.1) is 7.11 Å². The highest BCUT2D eigenvalue weighted by molar-refractivity contribution is 9.10. The van der Waals surface area contributed by atoms with Crippen molar-refractivity contribution in [3.8, 4) is 0 Å². The maximum Gasteiger partial charge on any atom is 0.356 e. The predicted octanol–water partition coefficient (Wildman–Crippen LogP) is 2.51. The van der Waals surface area contributed by atoms with E-state index in [1.807, 2.05) is 12.1 Å². The average Bonchev–Trinajstić information content (AvgIpc) is 3.00. The van der Waals surface area contributed by atoms with E-state index in [9.17, 15) is 4.79 Å². The van der Waals surface area contributed by atoms with Crippen molar-refractivity contribution < 1.29 is 9.53 Å². The smallest absolute Gasteiger partial charge is 0.356 e. The first-order valence-corrected chi connectivity index (χ1v) is 5.26. The van der Waals surface area contributed by atoms with Crippen LogP contribution >= 0.6 is 15.9 Å². The zero-order valence-electron chi connectivity index (χ0n) is 7.79. The quantitative estimate of drug-likeness (QED) is 0.602. The highest BCUT2D eigenvalue weighted by atomic mass is 79.9. The van der Waals surface area contributed by atoms with Gasteiger partial charge >= 0.3 is 5.97 Å². The second-order valence-corrected chi connectivity index (χ2v) is 4.15. The second-order valence-electron chi connectivity index (χ2n) is 3.34. The fraction of sp³-hybridized carbons (Fsp3) is 0.400. The van der Waals surface area contributed by atoms with Gasteiger partial charge in [0.15, 0.2) is 5.69 Å². The lowest BCUT2D eigenvalue weighted by atomic mass is 10.1. The molecule has 1 saturated carbocycles. The molecule has 2 rings (SSSR count). The van der Waals surface area contributed by atoms with E-state index in [1.165, 1.54) is 7.11 Å². The minimum atomic E-state index is -0.354. The van der Waals surface area contributed by atoms with Gasteiger partial charge in [-0.25, -0.2) is 9.78 Å². The lowest BCUT2D eigenvalue weighted by Gasteiger charge is -2.05. The number of aromatic nitrogens is 1. The molecule has 0 unspecified atom stereocenters. The van der Waals surface area contributed by atoms with E-state index < -0.39 is 0 Å². The Bertz CT molecular complexity index is 374. The molecular formula is C10H10BrNO2. The van der Waals surface area contributed by atoms with Crippen molar-refractivity contribution >= 4 is 21.9 Å². The molecule has 14 heavy (non-hydrogen) atoms. The number of esters is 1. The van der Waals surface area contributed by atoms with Crippen LogP contribution < -0.4 is 0 Å². The van der Waals surface area contributed by atoms with E-state index in [0.29, 0.717) is 16.2 Å². The molecule has 0 N–H and O–H groups in total. The summed E-state index contributed by atoms with van der Waals surface area (Å²) in [4.78, 5) is 15.6. The summed E-state index contributed by atoms with van der Waals surface area (Å²) in [6, 6.07) is 3.81. The lowest BCUT2D eigenvalue weighted by molar-refractivity contribution is 0.0592. The van der Waals surface area contributed by atoms with Crippen molar-refractivity contribution in [1.82, 2.24) is 4.98 Å². The number of ether oxygens (including phenoxy) is 1. The summed E-state index contributed by atoms with van der Waals surface area (Å²) in [7, 11) is 1.38. The number of hydrogen-bond donors (Lipinski definition) is 0. The van der Waals surface area contributed by atoms with E-state index in [4.69, 9.17) is 0 Å². The largest absolute Gasteiger partial charge is 0.464 e. The Hall–Kier alpha value is -0.900. The van der Waals surface area contributed by atoms with Crippen molar-refractivity contribution in [1.29, 1.82) is 0 Å². The summed E-state index contributed by atoms with van der Waals surface area (Å²) in [5, 5.41) is 0. The van der Waals surface area contributed by atoms with Crippen LogP contribution in [0.2, 0.25) is 0 Å². The van der Waals surface area contributed by atoms with Crippen LogP contribution in [0.4, 0.5) is 0 Å². The molecule has 0 amide bonds. The predicted molar refractivity (Wildman–Crippen MR) is 55.3 cm³/mol. The molecule has 1 aliphatic carbocycles. The molecule has 1 aromatic heterocycles. The molecule has 74 valence electrons. The zero-order chi connectivity index (χ0) is 10.1. The highest BCUT2D eigenvalue weighted by Gasteiger charge is 2.29. The number of halogens is 1. The molecule has 1 fully saturated rings. The minimum absolute atomic E-state index is 0.354. The van der Waals surface area contributed by atoms with Crippen LogP contribution in [-0.2, 0) is 4.74 Å². The Kier molecular flexibility index (Phi) is 2.54. The Morgan fingerprint density at radius 1 is 1.57 bits per heavy atom. The topological polar surface area (TPSA) is 39.2 Å². The summed E-state index contributed by atoms with van der Waals surface area (Å²) in [6.45, 7) is 0. The normalized spacial score (nSPS) is 15.3. The van der Waals surface area contributed by atoms with Crippen LogP contribution in [0.15, 0.2) is 16.7 Å². The van der Waals surface area contributed by atoms with Gasteiger partial charge in [-0.15, -0.1) is 0 Å². The molecule has 0 aliphatic heterocycles. The average molecular weight is 256 g/mol. The Morgan fingerprint density at radius 2 is 2.29 bits per heavy atom. The summed E-state index contributed by atoms with van der Waals surface area (Å²) < 4.78 is 5.36. The van der Waals surface area contributed by atoms with E-state index >= 15 is 0 Å². The van der Waals surface area contributed by atoms with Gasteiger partial charge < -0.3 is 4.74 Å². The zero-order valence-corrected chi connectivity index (χ0v) is 9.37. The number of rotatable bonds is 2. The summed E-state index contributed by atoms with van der Waals surface area (Å²) in [6.07, 6.45) is 2.29. The molecule has 0 atom stereocenters. The molecule has 0 radical (unpaired) electrons.